The smallest absolute Gasteiger partial charge is 0.254 e. The minimum Gasteiger partial charge on any atom is -0.508 e. The number of aromatic hydroxyl groups is 1. The van der Waals surface area contributed by atoms with Crippen molar-refractivity contribution in [1.29, 1.82) is 0 Å². The molecule has 9 rings (SSSR count). The Morgan fingerprint density at radius 3 is 2.58 bits per heavy atom. The van der Waals surface area contributed by atoms with Gasteiger partial charge in [0.2, 0.25) is 29.6 Å². The van der Waals surface area contributed by atoms with E-state index in [9.17, 15) is 24.3 Å². The van der Waals surface area contributed by atoms with E-state index in [4.69, 9.17) is 30.6 Å². The summed E-state index contributed by atoms with van der Waals surface area (Å²) in [6.07, 6.45) is 1.11. The third-order valence-electron chi connectivity index (χ3n) is 13.5. The first-order chi connectivity index (χ1) is 35.7. The summed E-state index contributed by atoms with van der Waals surface area (Å²) in [6.45, 7) is 7.94. The first-order valence-electron chi connectivity index (χ1n) is 24.3. The number of rotatable bonds is 17. The highest BCUT2D eigenvalue weighted by Crippen LogP contribution is 2.43. The summed E-state index contributed by atoms with van der Waals surface area (Å²) < 4.78 is 33.9. The van der Waals surface area contributed by atoms with Crippen molar-refractivity contribution in [2.75, 3.05) is 76.8 Å². The molecule has 0 bridgehead atoms. The number of halogens is 2. The summed E-state index contributed by atoms with van der Waals surface area (Å²) in [4.78, 5) is 74.1. The Balaban J connectivity index is 0.788. The molecular weight excluding hydrogens is 991 g/mol. The standard InChI is InChI=1S/C53H56ClFN10O8S/c1-30(37-13-12-34(24-43(37)71-5)50-31(2)57-29-74-50)58-52(70)42-11-8-16-65(42)46(69)27-36-26-44(61-73-36)72-22-21-62(4)45(68)14-15-56-53-59-49-40(51(60-53)64-19-17-63(18-20-64)32(3)66)28-41(54)47(48(49)55)39-25-35(67)23-33-9-6-7-10-38(33)39/h6-7,9-10,12-13,23-26,28-30,42,67H,8,11,14-22,27H2,1-5H3,(H,58,70)(H,56,59,60)/t30-,42-/m0/s1. The van der Waals surface area contributed by atoms with Crippen molar-refractivity contribution < 1.29 is 42.7 Å². The number of anilines is 2. The second-order valence-electron chi connectivity index (χ2n) is 18.4. The highest BCUT2D eigenvalue weighted by Gasteiger charge is 2.35. The molecular formula is C53H56ClFN10O8S. The fourth-order valence-corrected chi connectivity index (χ4v) is 10.7. The van der Waals surface area contributed by atoms with E-state index in [0.717, 1.165) is 21.7 Å². The zero-order valence-corrected chi connectivity index (χ0v) is 43.2. The summed E-state index contributed by atoms with van der Waals surface area (Å²) >= 11 is 8.43. The molecule has 2 aliphatic heterocycles. The van der Waals surface area contributed by atoms with Crippen LogP contribution in [0.4, 0.5) is 16.2 Å². The van der Waals surface area contributed by atoms with E-state index >= 15 is 4.39 Å². The molecule has 18 nitrogen and oxygen atoms in total. The number of methoxy groups -OCH3 is 1. The summed E-state index contributed by atoms with van der Waals surface area (Å²) in [7, 11) is 3.23. The molecule has 2 fully saturated rings. The zero-order valence-electron chi connectivity index (χ0n) is 41.6. The highest BCUT2D eigenvalue weighted by molar-refractivity contribution is 7.13. The molecule has 0 unspecified atom stereocenters. The van der Waals surface area contributed by atoms with Gasteiger partial charge in [-0.15, -0.1) is 11.3 Å². The number of nitrogens with zero attached hydrogens (tertiary/aromatic N) is 8. The van der Waals surface area contributed by atoms with E-state index in [1.54, 1.807) is 52.9 Å². The SMILES string of the molecule is COc1cc(-c2scnc2C)ccc1[C@H](C)NC(=O)[C@@H]1CCCN1C(=O)Cc1cc(OCCN(C)C(=O)CCNc2nc(N3CCN(C(C)=O)CC3)c3cc(Cl)c(-c4cc(O)cc5ccccc45)c(F)c3n2)no1. The summed E-state index contributed by atoms with van der Waals surface area (Å²) in [5, 5.41) is 22.6. The molecule has 3 N–H and O–H groups in total. The topological polar surface area (TPSA) is 209 Å². The second kappa shape index (κ2) is 22.3. The Labute approximate surface area is 435 Å². The van der Waals surface area contributed by atoms with Crippen LogP contribution in [0.15, 0.2) is 76.8 Å². The molecule has 0 saturated carbocycles. The Kier molecular flexibility index (Phi) is 15.4. The number of piperazine rings is 1. The predicted octanol–water partition coefficient (Wildman–Crippen LogP) is 7.80. The fourth-order valence-electron chi connectivity index (χ4n) is 9.58. The Bertz CT molecular complexity index is 3250. The Morgan fingerprint density at radius 1 is 1.03 bits per heavy atom. The molecule has 4 aromatic carbocycles. The number of hydrogen-bond acceptors (Lipinski definition) is 15. The molecule has 2 saturated heterocycles. The van der Waals surface area contributed by atoms with Gasteiger partial charge in [-0.2, -0.15) is 4.98 Å². The van der Waals surface area contributed by atoms with Crippen LogP contribution in [0.2, 0.25) is 5.02 Å². The molecule has 5 heterocycles. The van der Waals surface area contributed by atoms with Crippen molar-refractivity contribution in [1.82, 2.24) is 40.1 Å². The number of nitrogens with one attached hydrogen (secondary N) is 2. The van der Waals surface area contributed by atoms with Gasteiger partial charge in [0.25, 0.3) is 5.88 Å². The highest BCUT2D eigenvalue weighted by atomic mass is 35.5. The number of carbonyl (C=O) groups is 4. The first-order valence-corrected chi connectivity index (χ1v) is 25.6. The summed E-state index contributed by atoms with van der Waals surface area (Å²) in [6, 6.07) is 18.4. The molecule has 0 spiro atoms. The molecule has 0 radical (unpaired) electrons. The molecule has 386 valence electrons. The van der Waals surface area contributed by atoms with Crippen LogP contribution < -0.4 is 25.0 Å². The van der Waals surface area contributed by atoms with Gasteiger partial charge < -0.3 is 49.3 Å². The lowest BCUT2D eigenvalue weighted by molar-refractivity contribution is -0.138. The summed E-state index contributed by atoms with van der Waals surface area (Å²) in [5.41, 5.74) is 4.99. The van der Waals surface area contributed by atoms with Crippen LogP contribution in [0.1, 0.15) is 56.2 Å². The van der Waals surface area contributed by atoms with Gasteiger partial charge in [0, 0.05) is 82.2 Å². The van der Waals surface area contributed by atoms with Gasteiger partial charge >= 0.3 is 0 Å². The Morgan fingerprint density at radius 2 is 1.82 bits per heavy atom. The van der Waals surface area contributed by atoms with Crippen LogP contribution in [-0.2, 0) is 25.6 Å². The normalized spacial score (nSPS) is 15.1. The average Bonchev–Trinajstić information content (AvgIpc) is 4.18. The molecule has 0 aliphatic carbocycles. The average molecular weight is 1050 g/mol. The molecule has 2 atom stereocenters. The van der Waals surface area contributed by atoms with E-state index < -0.39 is 11.9 Å². The maximum Gasteiger partial charge on any atom is 0.254 e. The van der Waals surface area contributed by atoms with Crippen LogP contribution in [0.5, 0.6) is 17.4 Å². The van der Waals surface area contributed by atoms with Crippen LogP contribution in [-0.4, -0.2) is 136 Å². The molecule has 7 aromatic rings. The lowest BCUT2D eigenvalue weighted by atomic mass is 9.96. The van der Waals surface area contributed by atoms with Gasteiger partial charge in [-0.05, 0) is 78.0 Å². The monoisotopic (exact) mass is 1050 g/mol. The van der Waals surface area contributed by atoms with E-state index in [0.29, 0.717) is 78.9 Å². The van der Waals surface area contributed by atoms with Gasteiger partial charge in [0.1, 0.15) is 41.2 Å². The van der Waals surface area contributed by atoms with Gasteiger partial charge in [-0.25, -0.2) is 14.4 Å². The molecule has 2 aliphatic rings. The van der Waals surface area contributed by atoms with Crippen molar-refractivity contribution in [2.24, 2.45) is 0 Å². The first kappa shape index (κ1) is 51.3. The van der Waals surface area contributed by atoms with Gasteiger partial charge in [0.05, 0.1) is 47.2 Å². The van der Waals surface area contributed by atoms with Crippen molar-refractivity contribution in [2.45, 2.75) is 58.5 Å². The predicted molar refractivity (Wildman–Crippen MR) is 280 cm³/mol. The van der Waals surface area contributed by atoms with E-state index in [-0.39, 0.29) is 102 Å². The molecule has 21 heteroatoms. The number of aryl methyl sites for hydroxylation is 1. The number of amides is 4. The van der Waals surface area contributed by atoms with Crippen LogP contribution in [0, 0.1) is 12.7 Å². The number of thiazole rings is 1. The third-order valence-corrected chi connectivity index (χ3v) is 14.8. The number of likely N-dealkylation sites (N-methyl/N-ethyl adjacent to an activating group) is 1. The number of carbonyl (C=O) groups excluding carboxylic acids is 4. The van der Waals surface area contributed by atoms with Crippen LogP contribution >= 0.6 is 22.9 Å². The maximum absolute atomic E-state index is 17.0. The molecule has 74 heavy (non-hydrogen) atoms. The lowest BCUT2D eigenvalue weighted by Crippen LogP contribution is -2.48. The quantitative estimate of drug-likeness (QED) is 0.0796. The largest absolute Gasteiger partial charge is 0.508 e. The fraction of sp³-hybridized carbons (Fsp3) is 0.358. The molecule has 4 amide bonds. The summed E-state index contributed by atoms with van der Waals surface area (Å²) in [5.74, 6) is 0.0181. The van der Waals surface area contributed by atoms with Crippen LogP contribution in [0.3, 0.4) is 0 Å². The zero-order chi connectivity index (χ0) is 52.2. The Hall–Kier alpha value is -7.58. The lowest BCUT2D eigenvalue weighted by Gasteiger charge is -2.35. The number of fused-ring (bicyclic) bond motifs is 2. The van der Waals surface area contributed by atoms with Crippen molar-refractivity contribution >= 4 is 80.0 Å². The van der Waals surface area contributed by atoms with Crippen LogP contribution in [0.25, 0.3) is 43.2 Å². The minimum absolute atomic E-state index is 0.00429. The van der Waals surface area contributed by atoms with Crippen molar-refractivity contribution in [3.05, 3.63) is 100 Å². The number of likely N-dealkylation sites (tertiary alicyclic amines) is 1. The molecule has 3 aromatic heterocycles. The minimum atomic E-state index is -0.701. The number of phenolic OH excluding ortho intramolecular Hbond substituents is 1. The van der Waals surface area contributed by atoms with Gasteiger partial charge in [-0.3, -0.25) is 19.2 Å². The van der Waals surface area contributed by atoms with Crippen molar-refractivity contribution in [3.8, 4) is 38.9 Å². The maximum atomic E-state index is 17.0. The number of ether oxygens (including phenoxy) is 2. The second-order valence-corrected chi connectivity index (χ2v) is 19.6. The van der Waals surface area contributed by atoms with Gasteiger partial charge in [-0.1, -0.05) is 48.0 Å². The van der Waals surface area contributed by atoms with E-state index in [1.165, 1.54) is 24.0 Å². The van der Waals surface area contributed by atoms with E-state index in [1.807, 2.05) is 61.2 Å². The number of phenols is 1. The van der Waals surface area contributed by atoms with Gasteiger partial charge in [0.15, 0.2) is 5.82 Å². The van der Waals surface area contributed by atoms with Crippen molar-refractivity contribution in [3.63, 3.8) is 0 Å². The number of benzene rings is 4. The van der Waals surface area contributed by atoms with E-state index in [2.05, 4.69) is 25.8 Å². The number of hydrogen-bond donors (Lipinski definition) is 3. The number of aromatic nitrogens is 4. The third kappa shape index (κ3) is 11.0.